The van der Waals surface area contributed by atoms with Gasteiger partial charge in [-0.15, -0.1) is 0 Å². The number of amides is 1. The summed E-state index contributed by atoms with van der Waals surface area (Å²) < 4.78 is 5.24. The van der Waals surface area contributed by atoms with Gasteiger partial charge in [0.15, 0.2) is 0 Å². The Hall–Kier alpha value is -3.57. The van der Waals surface area contributed by atoms with Crippen molar-refractivity contribution in [3.63, 3.8) is 0 Å². The van der Waals surface area contributed by atoms with Crippen LogP contribution >= 0.6 is 11.6 Å². The summed E-state index contributed by atoms with van der Waals surface area (Å²) >= 11 is 6.09. The van der Waals surface area contributed by atoms with E-state index in [0.29, 0.717) is 42.2 Å². The standard InChI is InChI=1S/C26H23ClN2O3/c27-21-11-6-10-20(16-21)26(31)29(18-19-8-2-1-3-9-19)15-7-14-28-23-17-25(30)32-24-13-5-4-12-22(23)24/h1-6,8-13,16-17,28H,7,14-15,18H2. The van der Waals surface area contributed by atoms with E-state index in [1.807, 2.05) is 53.4 Å². The van der Waals surface area contributed by atoms with Crippen LogP contribution in [0.3, 0.4) is 0 Å². The molecular formula is C26H23ClN2O3. The van der Waals surface area contributed by atoms with Gasteiger partial charge in [-0.25, -0.2) is 4.79 Å². The van der Waals surface area contributed by atoms with Crippen molar-refractivity contribution >= 4 is 34.2 Å². The quantitative estimate of drug-likeness (QED) is 0.283. The molecule has 0 aliphatic carbocycles. The lowest BCUT2D eigenvalue weighted by Gasteiger charge is -2.23. The zero-order valence-electron chi connectivity index (χ0n) is 17.5. The first-order valence-electron chi connectivity index (χ1n) is 10.5. The third kappa shape index (κ3) is 5.37. The molecule has 0 spiro atoms. The Kier molecular flexibility index (Phi) is 6.87. The summed E-state index contributed by atoms with van der Waals surface area (Å²) in [5, 5.41) is 4.70. The van der Waals surface area contributed by atoms with Gasteiger partial charge in [0.05, 0.1) is 5.69 Å². The Bertz CT molecular complexity index is 1270. The zero-order chi connectivity index (χ0) is 22.3. The molecule has 0 aliphatic heterocycles. The summed E-state index contributed by atoms with van der Waals surface area (Å²) in [5.41, 5.74) is 2.50. The van der Waals surface area contributed by atoms with E-state index in [4.69, 9.17) is 16.0 Å². The number of nitrogens with one attached hydrogen (secondary N) is 1. The van der Waals surface area contributed by atoms with E-state index < -0.39 is 5.63 Å². The van der Waals surface area contributed by atoms with Crippen molar-refractivity contribution < 1.29 is 9.21 Å². The van der Waals surface area contributed by atoms with Crippen LogP contribution in [0.15, 0.2) is 94.1 Å². The maximum Gasteiger partial charge on any atom is 0.338 e. The Balaban J connectivity index is 1.46. The van der Waals surface area contributed by atoms with E-state index in [9.17, 15) is 9.59 Å². The fraction of sp³-hybridized carbons (Fsp3) is 0.154. The lowest BCUT2D eigenvalue weighted by molar-refractivity contribution is 0.0742. The van der Waals surface area contributed by atoms with E-state index in [-0.39, 0.29) is 5.91 Å². The van der Waals surface area contributed by atoms with E-state index in [1.165, 1.54) is 6.07 Å². The van der Waals surface area contributed by atoms with Gasteiger partial charge in [-0.05, 0) is 42.3 Å². The normalized spacial score (nSPS) is 10.8. The molecule has 0 saturated heterocycles. The Morgan fingerprint density at radius 2 is 1.72 bits per heavy atom. The monoisotopic (exact) mass is 446 g/mol. The van der Waals surface area contributed by atoms with Gasteiger partial charge in [0.25, 0.3) is 5.91 Å². The number of para-hydroxylation sites is 1. The SMILES string of the molecule is O=C(c1cccc(Cl)c1)N(CCCNc1cc(=O)oc2ccccc12)Cc1ccccc1. The van der Waals surface area contributed by atoms with Gasteiger partial charge in [0.2, 0.25) is 0 Å². The van der Waals surface area contributed by atoms with Gasteiger partial charge in [-0.2, -0.15) is 0 Å². The third-order valence-electron chi connectivity index (χ3n) is 5.15. The van der Waals surface area contributed by atoms with Crippen LogP contribution in [0.1, 0.15) is 22.3 Å². The Morgan fingerprint density at radius 3 is 2.53 bits per heavy atom. The van der Waals surface area contributed by atoms with Crippen LogP contribution in [0.25, 0.3) is 11.0 Å². The predicted molar refractivity (Wildman–Crippen MR) is 128 cm³/mol. The molecule has 0 unspecified atom stereocenters. The predicted octanol–water partition coefficient (Wildman–Crippen LogP) is 5.59. The molecular weight excluding hydrogens is 424 g/mol. The summed E-state index contributed by atoms with van der Waals surface area (Å²) in [4.78, 5) is 26.8. The fourth-order valence-corrected chi connectivity index (χ4v) is 3.80. The molecule has 4 aromatic rings. The van der Waals surface area contributed by atoms with Crippen molar-refractivity contribution in [3.05, 3.63) is 111 Å². The number of fused-ring (bicyclic) bond motifs is 1. The molecule has 0 atom stereocenters. The highest BCUT2D eigenvalue weighted by Gasteiger charge is 2.16. The zero-order valence-corrected chi connectivity index (χ0v) is 18.2. The average Bonchev–Trinajstić information content (AvgIpc) is 2.81. The number of benzene rings is 3. The number of carbonyl (C=O) groups is 1. The van der Waals surface area contributed by atoms with Crippen molar-refractivity contribution in [2.45, 2.75) is 13.0 Å². The van der Waals surface area contributed by atoms with Gasteiger partial charge < -0.3 is 14.6 Å². The maximum absolute atomic E-state index is 13.2. The molecule has 162 valence electrons. The van der Waals surface area contributed by atoms with Gasteiger partial charge in [-0.3, -0.25) is 4.79 Å². The van der Waals surface area contributed by atoms with Crippen LogP contribution in [0.2, 0.25) is 5.02 Å². The smallest absolute Gasteiger partial charge is 0.338 e. The molecule has 5 nitrogen and oxygen atoms in total. The number of nitrogens with zero attached hydrogens (tertiary/aromatic N) is 1. The van der Waals surface area contributed by atoms with Crippen LogP contribution in [0, 0.1) is 0 Å². The van der Waals surface area contributed by atoms with Gasteiger partial charge >= 0.3 is 5.63 Å². The topological polar surface area (TPSA) is 62.6 Å². The highest BCUT2D eigenvalue weighted by Crippen LogP contribution is 2.21. The average molecular weight is 447 g/mol. The highest BCUT2D eigenvalue weighted by atomic mass is 35.5. The number of halogens is 1. The summed E-state index contributed by atoms with van der Waals surface area (Å²) in [6.45, 7) is 1.65. The van der Waals surface area contributed by atoms with E-state index in [2.05, 4.69) is 5.32 Å². The summed E-state index contributed by atoms with van der Waals surface area (Å²) in [6.07, 6.45) is 0.702. The molecule has 0 fully saturated rings. The lowest BCUT2D eigenvalue weighted by Crippen LogP contribution is -2.32. The van der Waals surface area contributed by atoms with Crippen LogP contribution in [0.4, 0.5) is 5.69 Å². The molecule has 1 N–H and O–H groups in total. The first kappa shape index (κ1) is 21.7. The second kappa shape index (κ2) is 10.2. The second-order valence-electron chi connectivity index (χ2n) is 7.48. The largest absolute Gasteiger partial charge is 0.423 e. The molecule has 3 aromatic carbocycles. The first-order chi connectivity index (χ1) is 15.6. The molecule has 0 aliphatic rings. The number of carbonyl (C=O) groups excluding carboxylic acids is 1. The Labute approximate surface area is 191 Å². The molecule has 0 radical (unpaired) electrons. The minimum atomic E-state index is -0.395. The first-order valence-corrected chi connectivity index (χ1v) is 10.8. The van der Waals surface area contributed by atoms with Crippen LogP contribution in [0.5, 0.6) is 0 Å². The van der Waals surface area contributed by atoms with Crippen molar-refractivity contribution in [2.75, 3.05) is 18.4 Å². The summed E-state index contributed by atoms with van der Waals surface area (Å²) in [5.74, 6) is -0.0674. The lowest BCUT2D eigenvalue weighted by atomic mass is 10.1. The highest BCUT2D eigenvalue weighted by molar-refractivity contribution is 6.30. The van der Waals surface area contributed by atoms with Crippen LogP contribution < -0.4 is 10.9 Å². The second-order valence-corrected chi connectivity index (χ2v) is 7.91. The minimum absolute atomic E-state index is 0.0674. The van der Waals surface area contributed by atoms with Crippen molar-refractivity contribution in [1.29, 1.82) is 0 Å². The number of anilines is 1. The number of hydrogen-bond acceptors (Lipinski definition) is 4. The molecule has 0 saturated carbocycles. The number of hydrogen-bond donors (Lipinski definition) is 1. The van der Waals surface area contributed by atoms with Gasteiger partial charge in [0.1, 0.15) is 5.58 Å². The van der Waals surface area contributed by atoms with Crippen molar-refractivity contribution in [3.8, 4) is 0 Å². The van der Waals surface area contributed by atoms with Crippen molar-refractivity contribution in [1.82, 2.24) is 4.90 Å². The third-order valence-corrected chi connectivity index (χ3v) is 5.38. The maximum atomic E-state index is 13.2. The summed E-state index contributed by atoms with van der Waals surface area (Å²) in [6, 6.07) is 25.8. The molecule has 1 heterocycles. The van der Waals surface area contributed by atoms with Crippen LogP contribution in [-0.4, -0.2) is 23.9 Å². The fourth-order valence-electron chi connectivity index (χ4n) is 3.61. The molecule has 0 bridgehead atoms. The van der Waals surface area contributed by atoms with E-state index >= 15 is 0 Å². The van der Waals surface area contributed by atoms with E-state index in [0.717, 1.165) is 16.6 Å². The molecule has 1 amide bonds. The van der Waals surface area contributed by atoms with Crippen LogP contribution in [-0.2, 0) is 6.54 Å². The molecule has 1 aromatic heterocycles. The molecule has 6 heteroatoms. The van der Waals surface area contributed by atoms with E-state index in [1.54, 1.807) is 30.3 Å². The summed E-state index contributed by atoms with van der Waals surface area (Å²) in [7, 11) is 0. The minimum Gasteiger partial charge on any atom is -0.423 e. The van der Waals surface area contributed by atoms with Gasteiger partial charge in [-0.1, -0.05) is 60.1 Å². The molecule has 4 rings (SSSR count). The Morgan fingerprint density at radius 1 is 0.938 bits per heavy atom. The number of rotatable bonds is 8. The molecule has 32 heavy (non-hydrogen) atoms. The van der Waals surface area contributed by atoms with Crippen molar-refractivity contribution in [2.24, 2.45) is 0 Å². The van der Waals surface area contributed by atoms with Gasteiger partial charge in [0, 0.05) is 41.7 Å².